The van der Waals surface area contributed by atoms with Gasteiger partial charge in [-0.2, -0.15) is 18.0 Å². The van der Waals surface area contributed by atoms with Crippen molar-refractivity contribution in [2.24, 2.45) is 0 Å². The van der Waals surface area contributed by atoms with Gasteiger partial charge in [-0.25, -0.2) is 9.11 Å². The molecule has 0 saturated carbocycles. The summed E-state index contributed by atoms with van der Waals surface area (Å²) < 4.78 is 39.8. The first kappa shape index (κ1) is 17.9. The van der Waals surface area contributed by atoms with Crippen molar-refractivity contribution in [2.75, 3.05) is 25.9 Å². The fourth-order valence-corrected chi connectivity index (χ4v) is 3.24. The van der Waals surface area contributed by atoms with Crippen LogP contribution in [-0.2, 0) is 10.2 Å². The van der Waals surface area contributed by atoms with E-state index >= 15 is 0 Å². The topological polar surface area (TPSA) is 73.2 Å². The van der Waals surface area contributed by atoms with Gasteiger partial charge in [0.1, 0.15) is 5.82 Å². The Balaban J connectivity index is 2.24. The first-order valence-electron chi connectivity index (χ1n) is 6.42. The van der Waals surface area contributed by atoms with Crippen LogP contribution in [0.15, 0.2) is 29.2 Å². The number of halogens is 1. The number of nitrogens with zero attached hydrogens (tertiary/aromatic N) is 2. The standard InChI is InChI=1S/C13H18FN3O2S2/c1-17(10-2-8-15)21(18,19)16-9-3-11-20-13-6-4-12(14)5-7-13/h4-7,16H,2-3,9-11H2,1H3. The highest BCUT2D eigenvalue weighted by Gasteiger charge is 2.15. The highest BCUT2D eigenvalue weighted by Crippen LogP contribution is 2.18. The first-order chi connectivity index (χ1) is 9.95. The molecule has 1 aromatic rings. The summed E-state index contributed by atoms with van der Waals surface area (Å²) in [4.78, 5) is 0.949. The normalized spacial score (nSPS) is 11.5. The lowest BCUT2D eigenvalue weighted by atomic mass is 10.4. The van der Waals surface area contributed by atoms with Gasteiger partial charge in [0.15, 0.2) is 0 Å². The smallest absolute Gasteiger partial charge is 0.207 e. The molecule has 0 atom stereocenters. The van der Waals surface area contributed by atoms with Crippen LogP contribution < -0.4 is 4.72 Å². The Morgan fingerprint density at radius 1 is 1.38 bits per heavy atom. The molecule has 0 aliphatic rings. The quantitative estimate of drug-likeness (QED) is 0.555. The van der Waals surface area contributed by atoms with E-state index < -0.39 is 10.2 Å². The van der Waals surface area contributed by atoms with Gasteiger partial charge >= 0.3 is 0 Å². The highest BCUT2D eigenvalue weighted by atomic mass is 32.2. The zero-order valence-electron chi connectivity index (χ0n) is 11.8. The van der Waals surface area contributed by atoms with Crippen LogP contribution in [0.2, 0.25) is 0 Å². The minimum atomic E-state index is -3.51. The van der Waals surface area contributed by atoms with E-state index in [1.165, 1.54) is 19.2 Å². The summed E-state index contributed by atoms with van der Waals surface area (Å²) >= 11 is 1.54. The minimum Gasteiger partial charge on any atom is -0.207 e. The molecule has 0 aliphatic heterocycles. The molecule has 0 bridgehead atoms. The molecular weight excluding hydrogens is 313 g/mol. The molecule has 0 radical (unpaired) electrons. The molecule has 0 fully saturated rings. The average molecular weight is 331 g/mol. The van der Waals surface area contributed by atoms with E-state index in [1.807, 2.05) is 6.07 Å². The monoisotopic (exact) mass is 331 g/mol. The number of benzene rings is 1. The molecule has 0 heterocycles. The zero-order valence-corrected chi connectivity index (χ0v) is 13.4. The maximum absolute atomic E-state index is 12.7. The molecule has 116 valence electrons. The predicted molar refractivity (Wildman–Crippen MR) is 81.5 cm³/mol. The van der Waals surface area contributed by atoms with E-state index in [1.54, 1.807) is 23.9 Å². The van der Waals surface area contributed by atoms with E-state index in [0.29, 0.717) is 13.0 Å². The largest absolute Gasteiger partial charge is 0.279 e. The Morgan fingerprint density at radius 3 is 2.67 bits per heavy atom. The average Bonchev–Trinajstić information content (AvgIpc) is 2.46. The fraction of sp³-hybridized carbons (Fsp3) is 0.462. The summed E-state index contributed by atoms with van der Waals surface area (Å²) in [5.74, 6) is 0.461. The SMILES string of the molecule is CN(CCC#N)S(=O)(=O)NCCCSc1ccc(F)cc1. The van der Waals surface area contributed by atoms with Gasteiger partial charge in [0.25, 0.3) is 10.2 Å². The summed E-state index contributed by atoms with van der Waals surface area (Å²) in [6, 6.07) is 8.09. The van der Waals surface area contributed by atoms with E-state index in [2.05, 4.69) is 4.72 Å². The van der Waals surface area contributed by atoms with Crippen molar-refractivity contribution >= 4 is 22.0 Å². The van der Waals surface area contributed by atoms with Crippen molar-refractivity contribution in [3.63, 3.8) is 0 Å². The molecule has 0 aromatic heterocycles. The third kappa shape index (κ3) is 6.91. The van der Waals surface area contributed by atoms with Crippen molar-refractivity contribution in [3.05, 3.63) is 30.1 Å². The van der Waals surface area contributed by atoms with E-state index in [4.69, 9.17) is 5.26 Å². The summed E-state index contributed by atoms with van der Waals surface area (Å²) in [6.07, 6.45) is 0.825. The van der Waals surface area contributed by atoms with Crippen molar-refractivity contribution < 1.29 is 12.8 Å². The summed E-state index contributed by atoms with van der Waals surface area (Å²) in [7, 11) is -2.07. The summed E-state index contributed by atoms with van der Waals surface area (Å²) in [6.45, 7) is 0.504. The molecule has 0 unspecified atom stereocenters. The lowest BCUT2D eigenvalue weighted by Crippen LogP contribution is -2.39. The van der Waals surface area contributed by atoms with E-state index in [0.717, 1.165) is 15.0 Å². The second kappa shape index (κ2) is 9.00. The van der Waals surface area contributed by atoms with Crippen LogP contribution in [0.4, 0.5) is 4.39 Å². The fourth-order valence-electron chi connectivity index (χ4n) is 1.43. The maximum Gasteiger partial charge on any atom is 0.279 e. The molecular formula is C13H18FN3O2S2. The molecule has 0 aliphatic carbocycles. The highest BCUT2D eigenvalue weighted by molar-refractivity contribution is 7.99. The number of thioether (sulfide) groups is 1. The first-order valence-corrected chi connectivity index (χ1v) is 8.84. The van der Waals surface area contributed by atoms with Crippen molar-refractivity contribution in [2.45, 2.75) is 17.7 Å². The third-order valence-electron chi connectivity index (χ3n) is 2.64. The van der Waals surface area contributed by atoms with Crippen LogP contribution in [0.1, 0.15) is 12.8 Å². The molecule has 1 N–H and O–H groups in total. The number of hydrogen-bond acceptors (Lipinski definition) is 4. The van der Waals surface area contributed by atoms with Crippen molar-refractivity contribution in [3.8, 4) is 6.07 Å². The second-order valence-corrected chi connectivity index (χ2v) is 7.32. The molecule has 5 nitrogen and oxygen atoms in total. The van der Waals surface area contributed by atoms with Crippen LogP contribution in [0.5, 0.6) is 0 Å². The molecule has 1 aromatic carbocycles. The van der Waals surface area contributed by atoms with Gasteiger partial charge in [-0.1, -0.05) is 0 Å². The Labute approximate surface area is 129 Å². The van der Waals surface area contributed by atoms with Gasteiger partial charge in [0.2, 0.25) is 0 Å². The lowest BCUT2D eigenvalue weighted by Gasteiger charge is -2.16. The van der Waals surface area contributed by atoms with Gasteiger partial charge in [-0.15, -0.1) is 11.8 Å². The number of nitrogens with one attached hydrogen (secondary N) is 1. The second-order valence-electron chi connectivity index (χ2n) is 4.28. The zero-order chi connectivity index (χ0) is 15.7. The van der Waals surface area contributed by atoms with Gasteiger partial charge in [0, 0.05) is 31.5 Å². The Hall–Kier alpha value is -1.14. The number of rotatable bonds is 9. The lowest BCUT2D eigenvalue weighted by molar-refractivity contribution is 0.464. The van der Waals surface area contributed by atoms with Crippen LogP contribution in [-0.4, -0.2) is 38.6 Å². The number of nitriles is 1. The maximum atomic E-state index is 12.7. The van der Waals surface area contributed by atoms with Crippen LogP contribution in [0.3, 0.4) is 0 Å². The predicted octanol–water partition coefficient (Wildman–Crippen LogP) is 1.99. The van der Waals surface area contributed by atoms with Crippen molar-refractivity contribution in [1.82, 2.24) is 9.03 Å². The van der Waals surface area contributed by atoms with Gasteiger partial charge < -0.3 is 0 Å². The molecule has 0 amide bonds. The Bertz CT molecular complexity index is 570. The molecule has 0 spiro atoms. The number of hydrogen-bond donors (Lipinski definition) is 1. The minimum absolute atomic E-state index is 0.165. The van der Waals surface area contributed by atoms with E-state index in [-0.39, 0.29) is 18.8 Å². The summed E-state index contributed by atoms with van der Waals surface area (Å²) in [5, 5.41) is 8.43. The van der Waals surface area contributed by atoms with Crippen LogP contribution >= 0.6 is 11.8 Å². The van der Waals surface area contributed by atoms with Gasteiger partial charge in [-0.3, -0.25) is 0 Å². The van der Waals surface area contributed by atoms with Gasteiger partial charge in [0.05, 0.1) is 6.07 Å². The van der Waals surface area contributed by atoms with Gasteiger partial charge in [-0.05, 0) is 36.4 Å². The van der Waals surface area contributed by atoms with Crippen molar-refractivity contribution in [1.29, 1.82) is 5.26 Å². The molecule has 1 rings (SSSR count). The van der Waals surface area contributed by atoms with Crippen LogP contribution in [0.25, 0.3) is 0 Å². The van der Waals surface area contributed by atoms with E-state index in [9.17, 15) is 12.8 Å². The molecule has 21 heavy (non-hydrogen) atoms. The van der Waals surface area contributed by atoms with Crippen LogP contribution in [0, 0.1) is 17.1 Å². The molecule has 8 heteroatoms. The molecule has 0 saturated heterocycles. The Morgan fingerprint density at radius 2 is 2.05 bits per heavy atom. The third-order valence-corrected chi connectivity index (χ3v) is 5.31. The summed E-state index contributed by atoms with van der Waals surface area (Å²) in [5.41, 5.74) is 0. The Kier molecular flexibility index (Phi) is 7.67.